The first-order valence-corrected chi connectivity index (χ1v) is 12.6. The van der Waals surface area contributed by atoms with Gasteiger partial charge in [-0.1, -0.05) is 65.7 Å². The molecule has 1 aliphatic rings. The highest BCUT2D eigenvalue weighted by molar-refractivity contribution is 7.90. The molecule has 0 saturated carbocycles. The standard InChI is InChI=1S/C26H24ClNO3S/c1-18-4-3-5-19(16-18)17-28-15-14-24(26(28)29)25(20-6-10-22(27)11-7-20)21-8-12-23(13-9-21)32(2,30)31/h3-13,16H,14-15,17H2,1-2H3/b25-24+. The van der Waals surface area contributed by atoms with Crippen molar-refractivity contribution in [3.8, 4) is 0 Å². The van der Waals surface area contributed by atoms with Crippen molar-refractivity contribution < 1.29 is 13.2 Å². The average molecular weight is 466 g/mol. The molecule has 4 nitrogen and oxygen atoms in total. The molecule has 0 atom stereocenters. The van der Waals surface area contributed by atoms with Crippen LogP contribution in [0.3, 0.4) is 0 Å². The molecule has 164 valence electrons. The number of amides is 1. The lowest BCUT2D eigenvalue weighted by atomic mass is 9.92. The van der Waals surface area contributed by atoms with Crippen LogP contribution in [0.25, 0.3) is 5.57 Å². The highest BCUT2D eigenvalue weighted by Gasteiger charge is 2.30. The molecule has 0 unspecified atom stereocenters. The molecule has 3 aromatic rings. The number of carbonyl (C=O) groups excluding carboxylic acids is 1. The lowest BCUT2D eigenvalue weighted by molar-refractivity contribution is -0.125. The number of halogens is 1. The minimum absolute atomic E-state index is 0.00338. The number of benzene rings is 3. The molecular weight excluding hydrogens is 442 g/mol. The van der Waals surface area contributed by atoms with Crippen LogP contribution in [0.4, 0.5) is 0 Å². The summed E-state index contributed by atoms with van der Waals surface area (Å²) in [5.41, 5.74) is 5.50. The largest absolute Gasteiger partial charge is 0.334 e. The summed E-state index contributed by atoms with van der Waals surface area (Å²) in [4.78, 5) is 15.5. The lowest BCUT2D eigenvalue weighted by Gasteiger charge is -2.17. The van der Waals surface area contributed by atoms with Gasteiger partial charge in [0.1, 0.15) is 0 Å². The summed E-state index contributed by atoms with van der Waals surface area (Å²) in [6.45, 7) is 3.24. The third-order valence-electron chi connectivity index (χ3n) is 5.64. The second-order valence-corrected chi connectivity index (χ2v) is 10.6. The molecule has 1 saturated heterocycles. The van der Waals surface area contributed by atoms with Crippen molar-refractivity contribution in [2.24, 2.45) is 0 Å². The molecule has 4 rings (SSSR count). The van der Waals surface area contributed by atoms with Crippen molar-refractivity contribution in [2.75, 3.05) is 12.8 Å². The molecule has 0 N–H and O–H groups in total. The van der Waals surface area contributed by atoms with Crippen LogP contribution in [0.5, 0.6) is 0 Å². The first-order chi connectivity index (χ1) is 15.2. The van der Waals surface area contributed by atoms with Crippen LogP contribution in [0.2, 0.25) is 5.02 Å². The number of carbonyl (C=O) groups is 1. The molecule has 1 heterocycles. The van der Waals surface area contributed by atoms with Gasteiger partial charge in [0.25, 0.3) is 5.91 Å². The van der Waals surface area contributed by atoms with Gasteiger partial charge < -0.3 is 4.90 Å². The van der Waals surface area contributed by atoms with E-state index in [4.69, 9.17) is 11.6 Å². The molecule has 32 heavy (non-hydrogen) atoms. The minimum Gasteiger partial charge on any atom is -0.334 e. The Kier molecular flexibility index (Phi) is 6.22. The number of sulfone groups is 1. The Hall–Kier alpha value is -2.89. The molecule has 0 bridgehead atoms. The quantitative estimate of drug-likeness (QED) is 0.481. The predicted octanol–water partition coefficient (Wildman–Crippen LogP) is 5.29. The highest BCUT2D eigenvalue weighted by Crippen LogP contribution is 2.34. The number of rotatable bonds is 5. The van der Waals surface area contributed by atoms with E-state index in [9.17, 15) is 13.2 Å². The fraction of sp³-hybridized carbons (Fsp3) is 0.192. The monoisotopic (exact) mass is 465 g/mol. The average Bonchev–Trinajstić information content (AvgIpc) is 3.09. The van der Waals surface area contributed by atoms with Crippen LogP contribution in [-0.4, -0.2) is 32.0 Å². The Morgan fingerprint density at radius 3 is 2.19 bits per heavy atom. The van der Waals surface area contributed by atoms with Gasteiger partial charge in [-0.3, -0.25) is 4.79 Å². The zero-order chi connectivity index (χ0) is 22.9. The van der Waals surface area contributed by atoms with E-state index in [1.165, 1.54) is 6.26 Å². The van der Waals surface area contributed by atoms with Gasteiger partial charge in [-0.25, -0.2) is 8.42 Å². The van der Waals surface area contributed by atoms with Gasteiger partial charge in [-0.15, -0.1) is 0 Å². The normalized spacial score (nSPS) is 15.8. The Bertz CT molecular complexity index is 1290. The first kappa shape index (κ1) is 22.3. The summed E-state index contributed by atoms with van der Waals surface area (Å²) in [6.07, 6.45) is 1.81. The van der Waals surface area contributed by atoms with Gasteiger partial charge >= 0.3 is 0 Å². The van der Waals surface area contributed by atoms with Crippen LogP contribution >= 0.6 is 11.6 Å². The molecule has 6 heteroatoms. The predicted molar refractivity (Wildman–Crippen MR) is 128 cm³/mol. The summed E-state index contributed by atoms with van der Waals surface area (Å²) in [5.74, 6) is 0.00338. The molecule has 0 aromatic heterocycles. The highest BCUT2D eigenvalue weighted by atomic mass is 35.5. The van der Waals surface area contributed by atoms with Crippen LogP contribution < -0.4 is 0 Å². The maximum atomic E-state index is 13.4. The van der Waals surface area contributed by atoms with Crippen LogP contribution in [-0.2, 0) is 21.2 Å². The Labute approximate surface area is 194 Å². The number of aryl methyl sites for hydroxylation is 1. The first-order valence-electron chi connectivity index (χ1n) is 10.4. The Morgan fingerprint density at radius 1 is 0.969 bits per heavy atom. The number of nitrogens with zero attached hydrogens (tertiary/aromatic N) is 1. The molecule has 0 aliphatic carbocycles. The summed E-state index contributed by atoms with van der Waals surface area (Å²) in [7, 11) is -3.30. The fourth-order valence-electron chi connectivity index (χ4n) is 4.06. The van der Waals surface area contributed by atoms with E-state index in [1.54, 1.807) is 36.4 Å². The molecule has 0 spiro atoms. The third-order valence-corrected chi connectivity index (χ3v) is 7.02. The Balaban J connectivity index is 1.75. The van der Waals surface area contributed by atoms with E-state index in [-0.39, 0.29) is 10.8 Å². The Morgan fingerprint density at radius 2 is 1.59 bits per heavy atom. The van der Waals surface area contributed by atoms with Gasteiger partial charge in [-0.05, 0) is 59.9 Å². The zero-order valence-electron chi connectivity index (χ0n) is 18.0. The summed E-state index contributed by atoms with van der Waals surface area (Å²) < 4.78 is 23.8. The SMILES string of the molecule is Cc1cccc(CN2CC/C(=C(/c3ccc(Cl)cc3)c3ccc(S(C)(=O)=O)cc3)C2=O)c1. The lowest BCUT2D eigenvalue weighted by Crippen LogP contribution is -2.24. The van der Waals surface area contributed by atoms with E-state index in [0.717, 1.165) is 33.4 Å². The minimum atomic E-state index is -3.30. The molecule has 1 amide bonds. The van der Waals surface area contributed by atoms with E-state index in [1.807, 2.05) is 42.2 Å². The van der Waals surface area contributed by atoms with Crippen LogP contribution in [0, 0.1) is 6.92 Å². The van der Waals surface area contributed by atoms with Crippen LogP contribution in [0.1, 0.15) is 28.7 Å². The molecule has 3 aromatic carbocycles. The van der Waals surface area contributed by atoms with Crippen molar-refractivity contribution in [3.05, 3.63) is 106 Å². The molecule has 1 aliphatic heterocycles. The van der Waals surface area contributed by atoms with E-state index < -0.39 is 9.84 Å². The zero-order valence-corrected chi connectivity index (χ0v) is 19.6. The number of likely N-dealkylation sites (tertiary alicyclic amines) is 1. The fourth-order valence-corrected chi connectivity index (χ4v) is 4.82. The van der Waals surface area contributed by atoms with Crippen molar-refractivity contribution in [1.29, 1.82) is 0 Å². The van der Waals surface area contributed by atoms with Crippen molar-refractivity contribution in [2.45, 2.75) is 24.8 Å². The summed E-state index contributed by atoms with van der Waals surface area (Å²) in [5, 5.41) is 0.615. The van der Waals surface area contributed by atoms with Gasteiger partial charge in [0.2, 0.25) is 0 Å². The van der Waals surface area contributed by atoms with E-state index in [2.05, 4.69) is 6.07 Å². The van der Waals surface area contributed by atoms with E-state index >= 15 is 0 Å². The second-order valence-electron chi connectivity index (χ2n) is 8.12. The molecule has 0 radical (unpaired) electrons. The maximum absolute atomic E-state index is 13.4. The second kappa shape index (κ2) is 8.93. The van der Waals surface area contributed by atoms with Crippen molar-refractivity contribution in [3.63, 3.8) is 0 Å². The van der Waals surface area contributed by atoms with Gasteiger partial charge in [0.05, 0.1) is 4.90 Å². The maximum Gasteiger partial charge on any atom is 0.250 e. The number of hydrogen-bond acceptors (Lipinski definition) is 3. The van der Waals surface area contributed by atoms with E-state index in [0.29, 0.717) is 24.5 Å². The summed E-state index contributed by atoms with van der Waals surface area (Å²) in [6, 6.07) is 22.3. The topological polar surface area (TPSA) is 54.5 Å². The smallest absolute Gasteiger partial charge is 0.250 e. The molecular formula is C26H24ClNO3S. The van der Waals surface area contributed by atoms with Crippen molar-refractivity contribution >= 4 is 32.9 Å². The molecule has 1 fully saturated rings. The number of hydrogen-bond donors (Lipinski definition) is 0. The van der Waals surface area contributed by atoms with Crippen LogP contribution in [0.15, 0.2) is 83.3 Å². The van der Waals surface area contributed by atoms with Gasteiger partial charge in [-0.2, -0.15) is 0 Å². The third kappa shape index (κ3) is 4.79. The van der Waals surface area contributed by atoms with Crippen molar-refractivity contribution in [1.82, 2.24) is 4.90 Å². The van der Waals surface area contributed by atoms with Gasteiger partial charge in [0.15, 0.2) is 9.84 Å². The van der Waals surface area contributed by atoms with Gasteiger partial charge in [0, 0.05) is 29.9 Å². The summed E-state index contributed by atoms with van der Waals surface area (Å²) >= 11 is 6.09.